The number of thioether (sulfide) groups is 1. The van der Waals surface area contributed by atoms with Crippen molar-refractivity contribution in [3.8, 4) is 11.5 Å². The van der Waals surface area contributed by atoms with E-state index in [0.29, 0.717) is 18.3 Å². The molecule has 24 heavy (non-hydrogen) atoms. The van der Waals surface area contributed by atoms with Crippen LogP contribution in [-0.2, 0) is 11.3 Å². The Morgan fingerprint density at radius 3 is 2.92 bits per heavy atom. The van der Waals surface area contributed by atoms with Gasteiger partial charge in [0.05, 0.1) is 5.75 Å². The van der Waals surface area contributed by atoms with E-state index in [1.165, 1.54) is 23.1 Å². The Morgan fingerprint density at radius 1 is 1.33 bits per heavy atom. The van der Waals surface area contributed by atoms with Crippen LogP contribution in [0.5, 0.6) is 11.5 Å². The predicted molar refractivity (Wildman–Crippen MR) is 91.5 cm³/mol. The number of nitrogens with zero attached hydrogens (tertiary/aromatic N) is 3. The van der Waals surface area contributed by atoms with Gasteiger partial charge in [-0.3, -0.25) is 4.79 Å². The molecule has 8 heteroatoms. The van der Waals surface area contributed by atoms with Crippen LogP contribution in [0.15, 0.2) is 22.5 Å². The SMILES string of the molecule is Cc1nnc(SCC(=O)N(Cc2ccc3c(c2)OCO3)C2CC2)s1. The second-order valence-electron chi connectivity index (χ2n) is 5.82. The van der Waals surface area contributed by atoms with E-state index in [4.69, 9.17) is 9.47 Å². The van der Waals surface area contributed by atoms with Gasteiger partial charge in [0.25, 0.3) is 0 Å². The molecule has 0 spiro atoms. The highest BCUT2D eigenvalue weighted by atomic mass is 32.2. The van der Waals surface area contributed by atoms with Crippen molar-refractivity contribution in [3.63, 3.8) is 0 Å². The monoisotopic (exact) mass is 363 g/mol. The summed E-state index contributed by atoms with van der Waals surface area (Å²) in [6.45, 7) is 2.79. The standard InChI is InChI=1S/C16H17N3O3S2/c1-10-17-18-16(24-10)23-8-15(20)19(12-3-4-12)7-11-2-5-13-14(6-11)22-9-21-13/h2,5-6,12H,3-4,7-9H2,1H3. The molecule has 0 N–H and O–H groups in total. The van der Waals surface area contributed by atoms with E-state index in [9.17, 15) is 4.79 Å². The van der Waals surface area contributed by atoms with Crippen LogP contribution in [0.2, 0.25) is 0 Å². The first-order valence-corrected chi connectivity index (χ1v) is 9.60. The van der Waals surface area contributed by atoms with Crippen LogP contribution in [-0.4, -0.2) is 39.6 Å². The van der Waals surface area contributed by atoms with Gasteiger partial charge in [0, 0.05) is 12.6 Å². The number of fused-ring (bicyclic) bond motifs is 1. The molecule has 126 valence electrons. The average Bonchev–Trinajstić information content (AvgIpc) is 3.16. The van der Waals surface area contributed by atoms with Gasteiger partial charge >= 0.3 is 0 Å². The average molecular weight is 363 g/mol. The number of carbonyl (C=O) groups excluding carboxylic acids is 1. The summed E-state index contributed by atoms with van der Waals surface area (Å²) >= 11 is 2.99. The molecule has 2 aromatic rings. The summed E-state index contributed by atoms with van der Waals surface area (Å²) in [7, 11) is 0. The van der Waals surface area contributed by atoms with E-state index < -0.39 is 0 Å². The molecule has 0 bridgehead atoms. The summed E-state index contributed by atoms with van der Waals surface area (Å²) in [6.07, 6.45) is 2.16. The number of amides is 1. The van der Waals surface area contributed by atoms with Crippen LogP contribution in [0.3, 0.4) is 0 Å². The van der Waals surface area contributed by atoms with Gasteiger partial charge in [0.2, 0.25) is 12.7 Å². The lowest BCUT2D eigenvalue weighted by molar-refractivity contribution is -0.129. The van der Waals surface area contributed by atoms with Crippen molar-refractivity contribution in [3.05, 3.63) is 28.8 Å². The van der Waals surface area contributed by atoms with E-state index in [0.717, 1.165) is 39.3 Å². The Labute approximate surface area is 148 Å². The minimum atomic E-state index is 0.146. The number of hydrogen-bond acceptors (Lipinski definition) is 7. The third-order valence-electron chi connectivity index (χ3n) is 3.92. The van der Waals surface area contributed by atoms with Crippen LogP contribution >= 0.6 is 23.1 Å². The Morgan fingerprint density at radius 2 is 2.17 bits per heavy atom. The lowest BCUT2D eigenvalue weighted by atomic mass is 10.2. The maximum atomic E-state index is 12.6. The van der Waals surface area contributed by atoms with E-state index in [1.54, 1.807) is 0 Å². The number of aryl methyl sites for hydroxylation is 1. The Balaban J connectivity index is 1.41. The van der Waals surface area contributed by atoms with Gasteiger partial charge in [-0.05, 0) is 37.5 Å². The Hall–Kier alpha value is -1.80. The molecule has 0 radical (unpaired) electrons. The molecular formula is C16H17N3O3S2. The highest BCUT2D eigenvalue weighted by Crippen LogP contribution is 2.35. The molecule has 1 aromatic carbocycles. The minimum absolute atomic E-state index is 0.146. The van der Waals surface area contributed by atoms with Crippen molar-refractivity contribution < 1.29 is 14.3 Å². The van der Waals surface area contributed by atoms with E-state index in [1.807, 2.05) is 30.0 Å². The highest BCUT2D eigenvalue weighted by Gasteiger charge is 2.32. The van der Waals surface area contributed by atoms with E-state index in [-0.39, 0.29) is 12.7 Å². The zero-order chi connectivity index (χ0) is 16.5. The maximum Gasteiger partial charge on any atom is 0.233 e. The summed E-state index contributed by atoms with van der Waals surface area (Å²) in [6, 6.07) is 6.23. The van der Waals surface area contributed by atoms with Crippen molar-refractivity contribution in [2.75, 3.05) is 12.5 Å². The molecule has 2 heterocycles. The summed E-state index contributed by atoms with van der Waals surface area (Å²) in [4.78, 5) is 14.6. The molecule has 1 saturated carbocycles. The topological polar surface area (TPSA) is 64.6 Å². The third-order valence-corrected chi connectivity index (χ3v) is 5.88. The fraction of sp³-hybridized carbons (Fsp3) is 0.438. The fourth-order valence-electron chi connectivity index (χ4n) is 2.59. The fourth-order valence-corrected chi connectivity index (χ4v) is 4.29. The maximum absolute atomic E-state index is 12.6. The lowest BCUT2D eigenvalue weighted by Crippen LogP contribution is -2.33. The van der Waals surface area contributed by atoms with Gasteiger partial charge in [0.1, 0.15) is 5.01 Å². The van der Waals surface area contributed by atoms with Crippen molar-refractivity contribution in [1.82, 2.24) is 15.1 Å². The van der Waals surface area contributed by atoms with Gasteiger partial charge in [-0.1, -0.05) is 29.2 Å². The van der Waals surface area contributed by atoms with Gasteiger partial charge in [0.15, 0.2) is 15.8 Å². The normalized spacial score (nSPS) is 15.5. The summed E-state index contributed by atoms with van der Waals surface area (Å²) < 4.78 is 11.6. The molecule has 1 aliphatic heterocycles. The number of ether oxygens (including phenoxy) is 2. The van der Waals surface area contributed by atoms with Crippen molar-refractivity contribution in [1.29, 1.82) is 0 Å². The molecule has 2 aliphatic rings. The molecule has 1 aromatic heterocycles. The predicted octanol–water partition coefficient (Wildman–Crippen LogP) is 2.86. The van der Waals surface area contributed by atoms with Gasteiger partial charge in [-0.15, -0.1) is 10.2 Å². The minimum Gasteiger partial charge on any atom is -0.454 e. The molecule has 0 saturated heterocycles. The molecule has 0 unspecified atom stereocenters. The highest BCUT2D eigenvalue weighted by molar-refractivity contribution is 8.01. The number of carbonyl (C=O) groups is 1. The van der Waals surface area contributed by atoms with Crippen molar-refractivity contribution >= 4 is 29.0 Å². The Kier molecular flexibility index (Phi) is 4.32. The zero-order valence-electron chi connectivity index (χ0n) is 13.2. The quantitative estimate of drug-likeness (QED) is 0.736. The van der Waals surface area contributed by atoms with Crippen LogP contribution in [0.4, 0.5) is 0 Å². The van der Waals surface area contributed by atoms with Gasteiger partial charge in [-0.25, -0.2) is 0 Å². The van der Waals surface area contributed by atoms with Gasteiger partial charge in [-0.2, -0.15) is 0 Å². The van der Waals surface area contributed by atoms with Crippen LogP contribution in [0.1, 0.15) is 23.4 Å². The summed E-state index contributed by atoms with van der Waals surface area (Å²) in [5.74, 6) is 2.07. The second kappa shape index (κ2) is 6.60. The van der Waals surface area contributed by atoms with Crippen LogP contribution in [0.25, 0.3) is 0 Å². The largest absolute Gasteiger partial charge is 0.454 e. The molecule has 0 atom stereocenters. The van der Waals surface area contributed by atoms with Gasteiger partial charge < -0.3 is 14.4 Å². The lowest BCUT2D eigenvalue weighted by Gasteiger charge is -2.22. The number of benzene rings is 1. The number of hydrogen-bond donors (Lipinski definition) is 0. The third kappa shape index (κ3) is 3.49. The smallest absolute Gasteiger partial charge is 0.233 e. The van der Waals surface area contributed by atoms with Crippen molar-refractivity contribution in [2.24, 2.45) is 0 Å². The van der Waals surface area contributed by atoms with Crippen LogP contribution in [0, 0.1) is 6.92 Å². The second-order valence-corrected chi connectivity index (χ2v) is 8.22. The summed E-state index contributed by atoms with van der Waals surface area (Å²) in [5, 5.41) is 8.97. The molecule has 1 aliphatic carbocycles. The first-order chi connectivity index (χ1) is 11.7. The molecule has 6 nitrogen and oxygen atoms in total. The molecule has 4 rings (SSSR count). The van der Waals surface area contributed by atoms with Crippen LogP contribution < -0.4 is 9.47 Å². The first-order valence-electron chi connectivity index (χ1n) is 7.80. The number of rotatable bonds is 6. The Bertz CT molecular complexity index is 761. The molecule has 1 amide bonds. The zero-order valence-corrected chi connectivity index (χ0v) is 14.9. The molecular weight excluding hydrogens is 346 g/mol. The van der Waals surface area contributed by atoms with E-state index in [2.05, 4.69) is 10.2 Å². The number of aromatic nitrogens is 2. The summed E-state index contributed by atoms with van der Waals surface area (Å²) in [5.41, 5.74) is 1.07. The van der Waals surface area contributed by atoms with Crippen molar-refractivity contribution in [2.45, 2.75) is 36.7 Å². The van der Waals surface area contributed by atoms with E-state index >= 15 is 0 Å². The first kappa shape index (κ1) is 15.7. The molecule has 1 fully saturated rings.